The van der Waals surface area contributed by atoms with Crippen LogP contribution in [0.3, 0.4) is 0 Å². The zero-order valence-electron chi connectivity index (χ0n) is 12.8. The zero-order valence-corrected chi connectivity index (χ0v) is 13.7. The lowest BCUT2D eigenvalue weighted by atomic mass is 9.78. The van der Waals surface area contributed by atoms with Crippen molar-refractivity contribution in [3.63, 3.8) is 0 Å². The Labute approximate surface area is 131 Å². The van der Waals surface area contributed by atoms with Crippen LogP contribution in [0.1, 0.15) is 44.1 Å². The lowest BCUT2D eigenvalue weighted by molar-refractivity contribution is 0.344. The van der Waals surface area contributed by atoms with E-state index in [9.17, 15) is 4.57 Å². The normalized spacial score (nSPS) is 23.0. The quantitative estimate of drug-likeness (QED) is 0.472. The molecule has 0 saturated heterocycles. The summed E-state index contributed by atoms with van der Waals surface area (Å²) in [6, 6.07) is 14.3. The second-order valence-corrected chi connectivity index (χ2v) is 7.74. The second kappa shape index (κ2) is 5.52. The van der Waals surface area contributed by atoms with Crippen molar-refractivity contribution in [1.82, 2.24) is 0 Å². The Hall–Kier alpha value is -1.66. The van der Waals surface area contributed by atoms with Gasteiger partial charge < -0.3 is 0 Å². The molecule has 1 heterocycles. The molecule has 3 atom stereocenters. The standard InChI is InChI=1S/C19H20O2P/c1-13-6-4-7-14(12-13)15-9-5-10-17-16-8-2-3-11-18(16)22(20)21-19(15)17/h2-3,5,8-11,13-14H,4,6-7,12H2,1H3/q+1. The lowest BCUT2D eigenvalue weighted by Crippen LogP contribution is -2.11. The summed E-state index contributed by atoms with van der Waals surface area (Å²) in [6.45, 7) is 2.33. The molecule has 112 valence electrons. The fraction of sp³-hybridized carbons (Fsp3) is 0.368. The maximum absolute atomic E-state index is 12.5. The van der Waals surface area contributed by atoms with Crippen molar-refractivity contribution in [3.05, 3.63) is 48.0 Å². The van der Waals surface area contributed by atoms with Crippen LogP contribution in [0, 0.1) is 5.92 Å². The highest BCUT2D eigenvalue weighted by atomic mass is 31.1. The molecule has 3 heteroatoms. The van der Waals surface area contributed by atoms with E-state index >= 15 is 0 Å². The van der Waals surface area contributed by atoms with Gasteiger partial charge in [-0.05, 0) is 41.4 Å². The average Bonchev–Trinajstić information content (AvgIpc) is 2.55. The molecule has 4 rings (SSSR count). The van der Waals surface area contributed by atoms with Crippen LogP contribution in [0.25, 0.3) is 21.5 Å². The van der Waals surface area contributed by atoms with E-state index in [0.29, 0.717) is 5.92 Å². The third-order valence-corrected chi connectivity index (χ3v) is 6.12. The van der Waals surface area contributed by atoms with E-state index in [2.05, 4.69) is 31.2 Å². The van der Waals surface area contributed by atoms with Gasteiger partial charge in [-0.1, -0.05) is 50.1 Å². The van der Waals surface area contributed by atoms with Gasteiger partial charge in [0.25, 0.3) is 0 Å². The molecule has 1 saturated carbocycles. The number of rotatable bonds is 1. The van der Waals surface area contributed by atoms with Crippen molar-refractivity contribution in [1.29, 1.82) is 0 Å². The van der Waals surface area contributed by atoms with Gasteiger partial charge in [-0.25, -0.2) is 4.20 Å². The van der Waals surface area contributed by atoms with Gasteiger partial charge in [-0.3, -0.25) is 0 Å². The van der Waals surface area contributed by atoms with E-state index in [-0.39, 0.29) is 0 Å². The van der Waals surface area contributed by atoms with E-state index in [1.807, 2.05) is 18.2 Å². The molecule has 2 aromatic carbocycles. The minimum atomic E-state index is -1.79. The molecule has 1 aliphatic rings. The summed E-state index contributed by atoms with van der Waals surface area (Å²) in [5, 5.41) is 2.98. The molecule has 3 unspecified atom stereocenters. The summed E-state index contributed by atoms with van der Waals surface area (Å²) in [5.41, 5.74) is 2.11. The second-order valence-electron chi connectivity index (χ2n) is 6.56. The van der Waals surface area contributed by atoms with Crippen molar-refractivity contribution in [2.24, 2.45) is 5.92 Å². The van der Waals surface area contributed by atoms with Gasteiger partial charge in [0, 0.05) is 16.3 Å². The minimum absolute atomic E-state index is 0.535. The summed E-state index contributed by atoms with van der Waals surface area (Å²) < 4.78 is 18.4. The van der Waals surface area contributed by atoms with Crippen molar-refractivity contribution >= 4 is 29.1 Å². The Morgan fingerprint density at radius 2 is 1.86 bits per heavy atom. The third kappa shape index (κ3) is 2.27. The molecule has 0 bridgehead atoms. The van der Waals surface area contributed by atoms with Crippen molar-refractivity contribution in [2.75, 3.05) is 0 Å². The molecule has 3 aromatic rings. The Morgan fingerprint density at radius 1 is 1.05 bits per heavy atom. The summed E-state index contributed by atoms with van der Waals surface area (Å²) in [4.78, 5) is 0. The molecule has 0 amide bonds. The highest BCUT2D eigenvalue weighted by Gasteiger charge is 2.25. The predicted molar refractivity (Wildman–Crippen MR) is 91.7 cm³/mol. The molecular weight excluding hydrogens is 291 g/mol. The number of hydrogen-bond acceptors (Lipinski definition) is 2. The highest BCUT2D eigenvalue weighted by molar-refractivity contribution is 7.37. The average molecular weight is 311 g/mol. The van der Waals surface area contributed by atoms with Crippen molar-refractivity contribution in [3.8, 4) is 0 Å². The summed E-state index contributed by atoms with van der Waals surface area (Å²) >= 11 is 0. The Bertz CT molecular complexity index is 897. The molecular formula is C19H20O2P+. The Balaban J connectivity index is 1.99. The first kappa shape index (κ1) is 14.0. The van der Waals surface area contributed by atoms with E-state index in [0.717, 1.165) is 27.4 Å². The van der Waals surface area contributed by atoms with Crippen LogP contribution in [0.15, 0.2) is 46.7 Å². The first-order chi connectivity index (χ1) is 10.7. The van der Waals surface area contributed by atoms with Gasteiger partial charge >= 0.3 is 7.65 Å². The molecule has 1 aliphatic carbocycles. The SMILES string of the molecule is CC1CCCC(c2cccc3c2o[p+](=O)c2ccccc32)C1. The molecule has 2 nitrogen and oxygen atoms in total. The molecule has 0 aliphatic heterocycles. The topological polar surface area (TPSA) is 30.2 Å². The van der Waals surface area contributed by atoms with Gasteiger partial charge in [-0.2, -0.15) is 0 Å². The fourth-order valence-electron chi connectivity index (χ4n) is 3.90. The van der Waals surface area contributed by atoms with Gasteiger partial charge in [0.05, 0.1) is 0 Å². The van der Waals surface area contributed by atoms with Crippen LogP contribution < -0.4 is 0 Å². The van der Waals surface area contributed by atoms with Crippen LogP contribution in [0.2, 0.25) is 0 Å². The number of benzene rings is 2. The molecule has 1 aromatic heterocycles. The first-order valence-electron chi connectivity index (χ1n) is 8.11. The molecule has 0 spiro atoms. The van der Waals surface area contributed by atoms with E-state index < -0.39 is 7.65 Å². The van der Waals surface area contributed by atoms with Crippen LogP contribution in [0.5, 0.6) is 0 Å². The maximum atomic E-state index is 12.5. The van der Waals surface area contributed by atoms with Crippen molar-refractivity contribution < 1.29 is 8.76 Å². The predicted octanol–water partition coefficient (Wildman–Crippen LogP) is 6.62. The minimum Gasteiger partial charge on any atom is -0.249 e. The molecule has 0 radical (unpaired) electrons. The van der Waals surface area contributed by atoms with Crippen LogP contribution >= 0.6 is 7.65 Å². The zero-order chi connectivity index (χ0) is 15.1. The number of hydrogen-bond donors (Lipinski definition) is 0. The maximum Gasteiger partial charge on any atom is 0.597 e. The Morgan fingerprint density at radius 3 is 2.73 bits per heavy atom. The number of para-hydroxylation sites is 1. The van der Waals surface area contributed by atoms with Crippen LogP contribution in [0.4, 0.5) is 0 Å². The summed E-state index contributed by atoms with van der Waals surface area (Å²) in [7, 11) is -1.79. The van der Waals surface area contributed by atoms with Gasteiger partial charge in [-0.15, -0.1) is 0 Å². The molecule has 22 heavy (non-hydrogen) atoms. The smallest absolute Gasteiger partial charge is 0.249 e. The van der Waals surface area contributed by atoms with Gasteiger partial charge in [0.1, 0.15) is 0 Å². The largest absolute Gasteiger partial charge is 0.597 e. The van der Waals surface area contributed by atoms with Crippen LogP contribution in [-0.2, 0) is 4.57 Å². The van der Waals surface area contributed by atoms with E-state index in [1.165, 1.54) is 31.2 Å². The Kier molecular flexibility index (Phi) is 3.50. The first-order valence-corrected chi connectivity index (χ1v) is 9.29. The van der Waals surface area contributed by atoms with E-state index in [1.54, 1.807) is 0 Å². The van der Waals surface area contributed by atoms with Gasteiger partial charge in [0.2, 0.25) is 5.12 Å². The number of fused-ring (bicyclic) bond motifs is 3. The van der Waals surface area contributed by atoms with Gasteiger partial charge in [0.15, 0.2) is 5.58 Å². The van der Waals surface area contributed by atoms with Crippen molar-refractivity contribution in [2.45, 2.75) is 38.5 Å². The van der Waals surface area contributed by atoms with E-state index in [4.69, 9.17) is 4.20 Å². The summed E-state index contributed by atoms with van der Waals surface area (Å²) in [6.07, 6.45) is 5.02. The lowest BCUT2D eigenvalue weighted by Gasteiger charge is -2.26. The summed E-state index contributed by atoms with van der Waals surface area (Å²) in [5.74, 6) is 1.30. The fourth-order valence-corrected chi connectivity index (χ4v) is 4.97. The third-order valence-electron chi connectivity index (χ3n) is 4.99. The van der Waals surface area contributed by atoms with Crippen LogP contribution in [-0.4, -0.2) is 0 Å². The molecule has 1 fully saturated rings. The monoisotopic (exact) mass is 311 g/mol. The highest BCUT2D eigenvalue weighted by Crippen LogP contribution is 2.42. The molecule has 0 N–H and O–H groups in total.